The SMILES string of the molecule is CC(C)(C)c1cc(C(CC(=O)NCC[N+](C)(C)C)n2nc3ccccc3n2)ccc1O. The second kappa shape index (κ2) is 8.67. The van der Waals surface area contributed by atoms with Gasteiger partial charge in [-0.3, -0.25) is 4.79 Å². The summed E-state index contributed by atoms with van der Waals surface area (Å²) in [6.07, 6.45) is 0.215. The number of amides is 1. The van der Waals surface area contributed by atoms with Crippen molar-refractivity contribution in [3.8, 4) is 5.75 Å². The van der Waals surface area contributed by atoms with Crippen LogP contribution in [0.15, 0.2) is 42.5 Å². The molecule has 0 radical (unpaired) electrons. The fourth-order valence-electron chi connectivity index (χ4n) is 3.49. The number of hydrogen-bond acceptors (Lipinski definition) is 4. The first-order valence-corrected chi connectivity index (χ1v) is 10.7. The van der Waals surface area contributed by atoms with Crippen LogP contribution >= 0.6 is 0 Å². The molecule has 0 spiro atoms. The zero-order chi connectivity index (χ0) is 22.8. The molecule has 7 heteroatoms. The smallest absolute Gasteiger partial charge is 0.222 e. The van der Waals surface area contributed by atoms with Gasteiger partial charge in [-0.15, -0.1) is 0 Å². The summed E-state index contributed by atoms with van der Waals surface area (Å²) in [5.74, 6) is 0.200. The Morgan fingerprint density at radius 2 is 1.71 bits per heavy atom. The first-order valence-electron chi connectivity index (χ1n) is 10.7. The average molecular weight is 425 g/mol. The summed E-state index contributed by atoms with van der Waals surface area (Å²) in [5, 5.41) is 22.7. The van der Waals surface area contributed by atoms with Crippen molar-refractivity contribution in [2.45, 2.75) is 38.6 Å². The molecule has 1 aromatic heterocycles. The number of phenols is 1. The molecule has 1 heterocycles. The van der Waals surface area contributed by atoms with Gasteiger partial charge in [-0.05, 0) is 40.8 Å². The van der Waals surface area contributed by atoms with Gasteiger partial charge in [0.05, 0.1) is 40.7 Å². The van der Waals surface area contributed by atoms with Gasteiger partial charge in [0.1, 0.15) is 22.8 Å². The number of benzene rings is 2. The second-order valence-electron chi connectivity index (χ2n) is 10.1. The third-order valence-electron chi connectivity index (χ3n) is 5.28. The van der Waals surface area contributed by atoms with E-state index in [-0.39, 0.29) is 29.5 Å². The average Bonchev–Trinajstić information content (AvgIpc) is 3.08. The number of nitrogens with one attached hydrogen (secondary N) is 1. The van der Waals surface area contributed by atoms with Gasteiger partial charge in [0, 0.05) is 0 Å². The Balaban J connectivity index is 1.94. The molecule has 0 saturated carbocycles. The molecule has 0 aliphatic heterocycles. The number of aromatic hydroxyl groups is 1. The van der Waals surface area contributed by atoms with Gasteiger partial charge >= 0.3 is 0 Å². The molecule has 0 fully saturated rings. The van der Waals surface area contributed by atoms with Crippen LogP contribution in [0, 0.1) is 0 Å². The zero-order valence-electron chi connectivity index (χ0n) is 19.4. The maximum atomic E-state index is 12.8. The summed E-state index contributed by atoms with van der Waals surface area (Å²) in [5.41, 5.74) is 3.06. The van der Waals surface area contributed by atoms with E-state index in [1.807, 2.05) is 36.4 Å². The van der Waals surface area contributed by atoms with E-state index in [1.54, 1.807) is 10.9 Å². The summed E-state index contributed by atoms with van der Waals surface area (Å²) >= 11 is 0. The summed E-state index contributed by atoms with van der Waals surface area (Å²) in [6.45, 7) is 7.61. The van der Waals surface area contributed by atoms with Crippen molar-refractivity contribution in [1.82, 2.24) is 20.3 Å². The highest BCUT2D eigenvalue weighted by Crippen LogP contribution is 2.34. The van der Waals surface area contributed by atoms with Crippen molar-refractivity contribution in [1.29, 1.82) is 0 Å². The molecular formula is C24H34N5O2+. The fraction of sp³-hybridized carbons (Fsp3) is 0.458. The van der Waals surface area contributed by atoms with E-state index in [9.17, 15) is 9.90 Å². The van der Waals surface area contributed by atoms with E-state index >= 15 is 0 Å². The number of hydrogen-bond donors (Lipinski definition) is 2. The standard InChI is InChI=1S/C24H33N5O2/c1-24(2,3)18-15-17(11-12-22(18)30)21(16-23(31)25-13-14-29(4,5)6)28-26-19-9-7-8-10-20(19)27-28/h7-12,15,21H,13-14,16H2,1-6H3,(H-,25,30,31)/p+1. The lowest BCUT2D eigenvalue weighted by atomic mass is 9.84. The number of aromatic nitrogens is 3. The van der Waals surface area contributed by atoms with E-state index in [4.69, 9.17) is 0 Å². The highest BCUT2D eigenvalue weighted by Gasteiger charge is 2.25. The van der Waals surface area contributed by atoms with Crippen LogP contribution in [0.2, 0.25) is 0 Å². The predicted octanol–water partition coefficient (Wildman–Crippen LogP) is 3.24. The van der Waals surface area contributed by atoms with Crippen molar-refractivity contribution >= 4 is 16.9 Å². The van der Waals surface area contributed by atoms with Crippen LogP contribution < -0.4 is 5.32 Å². The Morgan fingerprint density at radius 1 is 1.10 bits per heavy atom. The van der Waals surface area contributed by atoms with E-state index in [0.717, 1.165) is 33.2 Å². The van der Waals surface area contributed by atoms with Crippen LogP contribution in [0.4, 0.5) is 0 Å². The lowest BCUT2D eigenvalue weighted by Gasteiger charge is -2.25. The molecule has 0 aliphatic carbocycles. The van der Waals surface area contributed by atoms with E-state index < -0.39 is 0 Å². The van der Waals surface area contributed by atoms with Gasteiger partial charge in [0.15, 0.2) is 0 Å². The van der Waals surface area contributed by atoms with E-state index in [1.165, 1.54) is 0 Å². The Hall–Kier alpha value is -2.93. The summed E-state index contributed by atoms with van der Waals surface area (Å²) in [4.78, 5) is 14.4. The zero-order valence-corrected chi connectivity index (χ0v) is 19.4. The van der Waals surface area contributed by atoms with Gasteiger partial charge < -0.3 is 14.9 Å². The van der Waals surface area contributed by atoms with Gasteiger partial charge in [-0.2, -0.15) is 15.0 Å². The Labute approximate surface area is 184 Å². The van der Waals surface area contributed by atoms with Gasteiger partial charge in [-0.1, -0.05) is 39.0 Å². The molecule has 0 aliphatic rings. The molecule has 1 amide bonds. The molecule has 2 aromatic carbocycles. The van der Waals surface area contributed by atoms with Crippen LogP contribution in [0.3, 0.4) is 0 Å². The quantitative estimate of drug-likeness (QED) is 0.571. The number of carbonyl (C=O) groups excluding carboxylic acids is 1. The number of fused-ring (bicyclic) bond motifs is 1. The predicted molar refractivity (Wildman–Crippen MR) is 123 cm³/mol. The molecular weight excluding hydrogens is 390 g/mol. The lowest BCUT2D eigenvalue weighted by Crippen LogP contribution is -2.42. The molecule has 166 valence electrons. The number of nitrogens with zero attached hydrogens (tertiary/aromatic N) is 4. The Bertz CT molecular complexity index is 1030. The molecule has 3 rings (SSSR count). The monoisotopic (exact) mass is 424 g/mol. The third kappa shape index (κ3) is 5.82. The van der Waals surface area contributed by atoms with Crippen LogP contribution in [0.1, 0.15) is 44.4 Å². The van der Waals surface area contributed by atoms with Crippen molar-refractivity contribution in [2.24, 2.45) is 0 Å². The van der Waals surface area contributed by atoms with Crippen LogP contribution in [-0.4, -0.2) is 64.7 Å². The summed E-state index contributed by atoms with van der Waals surface area (Å²) < 4.78 is 0.780. The van der Waals surface area contributed by atoms with Crippen molar-refractivity contribution in [2.75, 3.05) is 34.2 Å². The fourth-order valence-corrected chi connectivity index (χ4v) is 3.49. The topological polar surface area (TPSA) is 80.0 Å². The second-order valence-corrected chi connectivity index (χ2v) is 10.1. The maximum Gasteiger partial charge on any atom is 0.222 e. The largest absolute Gasteiger partial charge is 0.508 e. The van der Waals surface area contributed by atoms with Crippen molar-refractivity contribution in [3.05, 3.63) is 53.6 Å². The minimum absolute atomic E-state index is 0.0508. The molecule has 2 N–H and O–H groups in total. The molecule has 3 aromatic rings. The van der Waals surface area contributed by atoms with Crippen LogP contribution in [0.5, 0.6) is 5.75 Å². The minimum Gasteiger partial charge on any atom is -0.508 e. The van der Waals surface area contributed by atoms with Gasteiger partial charge in [-0.25, -0.2) is 0 Å². The van der Waals surface area contributed by atoms with Crippen LogP contribution in [0.25, 0.3) is 11.0 Å². The number of quaternary nitrogens is 1. The number of likely N-dealkylation sites (N-methyl/N-ethyl adjacent to an activating group) is 1. The molecule has 0 bridgehead atoms. The van der Waals surface area contributed by atoms with Gasteiger partial charge in [0.25, 0.3) is 0 Å². The number of rotatable bonds is 7. The third-order valence-corrected chi connectivity index (χ3v) is 5.28. The molecule has 7 nitrogen and oxygen atoms in total. The van der Waals surface area contributed by atoms with Crippen LogP contribution in [-0.2, 0) is 10.2 Å². The molecule has 1 unspecified atom stereocenters. The van der Waals surface area contributed by atoms with Gasteiger partial charge in [0.2, 0.25) is 5.91 Å². The first-order chi connectivity index (χ1) is 14.4. The summed E-state index contributed by atoms with van der Waals surface area (Å²) in [7, 11) is 6.29. The highest BCUT2D eigenvalue weighted by molar-refractivity contribution is 5.77. The minimum atomic E-state index is -0.377. The first kappa shape index (κ1) is 22.7. The number of carbonyl (C=O) groups is 1. The van der Waals surface area contributed by atoms with Crippen molar-refractivity contribution < 1.29 is 14.4 Å². The normalized spacial score (nSPS) is 13.4. The summed E-state index contributed by atoms with van der Waals surface area (Å²) in [6, 6.07) is 12.8. The van der Waals surface area contributed by atoms with E-state index in [2.05, 4.69) is 57.4 Å². The molecule has 31 heavy (non-hydrogen) atoms. The Morgan fingerprint density at radius 3 is 2.26 bits per heavy atom. The van der Waals surface area contributed by atoms with E-state index in [0.29, 0.717) is 6.54 Å². The molecule has 0 saturated heterocycles. The molecule has 1 atom stereocenters. The Kier molecular flexibility index (Phi) is 6.36. The lowest BCUT2D eigenvalue weighted by molar-refractivity contribution is -0.869. The maximum absolute atomic E-state index is 12.8. The highest BCUT2D eigenvalue weighted by atomic mass is 16.3. The van der Waals surface area contributed by atoms with Crippen molar-refractivity contribution in [3.63, 3.8) is 0 Å². The number of phenolic OH excluding ortho intramolecular Hbond substituents is 1.